The monoisotopic (exact) mass is 226 g/mol. The van der Waals surface area contributed by atoms with Crippen LogP contribution in [0.3, 0.4) is 0 Å². The molecule has 0 N–H and O–H groups in total. The van der Waals surface area contributed by atoms with Gasteiger partial charge in [-0.2, -0.15) is 0 Å². The van der Waals surface area contributed by atoms with Crippen molar-refractivity contribution >= 4 is 11.6 Å². The molecule has 1 aromatic rings. The quantitative estimate of drug-likeness (QED) is 0.651. The van der Waals surface area contributed by atoms with E-state index in [9.17, 15) is 4.39 Å². The fourth-order valence-corrected chi connectivity index (χ4v) is 2.92. The lowest BCUT2D eigenvalue weighted by atomic mass is 9.79. The van der Waals surface area contributed by atoms with E-state index in [2.05, 4.69) is 0 Å². The van der Waals surface area contributed by atoms with Crippen molar-refractivity contribution in [2.45, 2.75) is 38.5 Å². The molecule has 0 saturated heterocycles. The lowest BCUT2D eigenvalue weighted by Crippen LogP contribution is -2.18. The summed E-state index contributed by atoms with van der Waals surface area (Å²) in [6.07, 6.45) is 3.71. The molecule has 15 heavy (non-hydrogen) atoms. The van der Waals surface area contributed by atoms with Crippen LogP contribution < -0.4 is 0 Å². The molecule has 0 amide bonds. The Kier molecular flexibility index (Phi) is 3.01. The number of benzene rings is 1. The lowest BCUT2D eigenvalue weighted by molar-refractivity contribution is 0.304. The Balaban J connectivity index is 2.33. The van der Waals surface area contributed by atoms with Gasteiger partial charge in [0, 0.05) is 0 Å². The molecule has 1 aromatic carbocycles. The van der Waals surface area contributed by atoms with Crippen LogP contribution in [0.25, 0.3) is 0 Å². The smallest absolute Gasteiger partial charge is 0.123 e. The average Bonchev–Trinajstić information content (AvgIpc) is 1.97. The van der Waals surface area contributed by atoms with E-state index in [1.165, 1.54) is 19.3 Å². The Morgan fingerprint density at radius 2 is 1.80 bits per heavy atom. The third-order valence-electron chi connectivity index (χ3n) is 3.40. The number of hydrogen-bond donors (Lipinski definition) is 0. The summed E-state index contributed by atoms with van der Waals surface area (Å²) in [4.78, 5) is 0. The number of alkyl halides is 1. The fourth-order valence-electron chi connectivity index (χ4n) is 2.33. The van der Waals surface area contributed by atoms with Crippen LogP contribution in [0.4, 0.5) is 4.39 Å². The van der Waals surface area contributed by atoms with Crippen molar-refractivity contribution in [1.29, 1.82) is 0 Å². The van der Waals surface area contributed by atoms with Crippen molar-refractivity contribution in [2.24, 2.45) is 5.92 Å². The SMILES string of the molecule is Cc1cc(F)cc(C)c1C(Cl)C1CCC1. The summed E-state index contributed by atoms with van der Waals surface area (Å²) in [6.45, 7) is 3.89. The van der Waals surface area contributed by atoms with Gasteiger partial charge in [0.05, 0.1) is 5.38 Å². The summed E-state index contributed by atoms with van der Waals surface area (Å²) in [5, 5.41) is 0.0688. The van der Waals surface area contributed by atoms with Crippen molar-refractivity contribution < 1.29 is 4.39 Å². The van der Waals surface area contributed by atoms with Gasteiger partial charge >= 0.3 is 0 Å². The van der Waals surface area contributed by atoms with Gasteiger partial charge in [-0.05, 0) is 61.4 Å². The third-order valence-corrected chi connectivity index (χ3v) is 3.97. The molecular weight excluding hydrogens is 211 g/mol. The zero-order valence-corrected chi connectivity index (χ0v) is 9.94. The molecule has 0 nitrogen and oxygen atoms in total. The molecule has 0 spiro atoms. The van der Waals surface area contributed by atoms with Crippen LogP contribution in [0, 0.1) is 25.6 Å². The maximum Gasteiger partial charge on any atom is 0.123 e. The molecule has 2 heteroatoms. The number of hydrogen-bond acceptors (Lipinski definition) is 0. The Labute approximate surface area is 95.4 Å². The molecule has 1 aliphatic rings. The Hall–Kier alpha value is -0.560. The molecular formula is C13H16ClF. The summed E-state index contributed by atoms with van der Waals surface area (Å²) in [7, 11) is 0. The second kappa shape index (κ2) is 4.13. The van der Waals surface area contributed by atoms with Gasteiger partial charge in [-0.15, -0.1) is 11.6 Å². The maximum atomic E-state index is 13.1. The fraction of sp³-hybridized carbons (Fsp3) is 0.538. The van der Waals surface area contributed by atoms with Crippen molar-refractivity contribution in [2.75, 3.05) is 0 Å². The van der Waals surface area contributed by atoms with Crippen LogP contribution in [0.5, 0.6) is 0 Å². The molecule has 0 bridgehead atoms. The highest BCUT2D eigenvalue weighted by atomic mass is 35.5. The van der Waals surface area contributed by atoms with Gasteiger partial charge in [-0.25, -0.2) is 4.39 Å². The topological polar surface area (TPSA) is 0 Å². The van der Waals surface area contributed by atoms with Gasteiger partial charge in [0.15, 0.2) is 0 Å². The van der Waals surface area contributed by atoms with Crippen LogP contribution in [0.15, 0.2) is 12.1 Å². The predicted molar refractivity (Wildman–Crippen MR) is 61.8 cm³/mol. The number of halogens is 2. The highest BCUT2D eigenvalue weighted by Crippen LogP contribution is 2.43. The minimum absolute atomic E-state index is 0.0688. The van der Waals surface area contributed by atoms with Crippen LogP contribution in [0.1, 0.15) is 41.3 Å². The molecule has 1 fully saturated rings. The van der Waals surface area contributed by atoms with Gasteiger partial charge in [0.1, 0.15) is 5.82 Å². The second-order valence-corrected chi connectivity index (χ2v) is 5.02. The van der Waals surface area contributed by atoms with E-state index in [0.29, 0.717) is 5.92 Å². The lowest BCUT2D eigenvalue weighted by Gasteiger charge is -2.31. The van der Waals surface area contributed by atoms with Gasteiger partial charge in [-0.3, -0.25) is 0 Å². The van der Waals surface area contributed by atoms with Crippen molar-refractivity contribution in [3.05, 3.63) is 34.6 Å². The van der Waals surface area contributed by atoms with E-state index in [4.69, 9.17) is 11.6 Å². The number of rotatable bonds is 2. The molecule has 0 aliphatic heterocycles. The van der Waals surface area contributed by atoms with Crippen LogP contribution >= 0.6 is 11.6 Å². The van der Waals surface area contributed by atoms with Crippen LogP contribution in [0.2, 0.25) is 0 Å². The van der Waals surface area contributed by atoms with E-state index < -0.39 is 0 Å². The molecule has 82 valence electrons. The van der Waals surface area contributed by atoms with E-state index >= 15 is 0 Å². The summed E-state index contributed by atoms with van der Waals surface area (Å²) >= 11 is 6.45. The highest BCUT2D eigenvalue weighted by Gasteiger charge is 2.28. The Morgan fingerprint density at radius 1 is 1.27 bits per heavy atom. The third kappa shape index (κ3) is 2.03. The van der Waals surface area contributed by atoms with Crippen LogP contribution in [-0.2, 0) is 0 Å². The summed E-state index contributed by atoms with van der Waals surface area (Å²) in [6, 6.07) is 3.16. The normalized spacial score (nSPS) is 18.7. The first kappa shape index (κ1) is 10.9. The summed E-state index contributed by atoms with van der Waals surface area (Å²) in [5.74, 6) is 0.431. The summed E-state index contributed by atoms with van der Waals surface area (Å²) < 4.78 is 13.1. The molecule has 1 saturated carbocycles. The molecule has 0 radical (unpaired) electrons. The van der Waals surface area contributed by atoms with Crippen molar-refractivity contribution in [3.63, 3.8) is 0 Å². The molecule has 1 aliphatic carbocycles. The first-order valence-electron chi connectivity index (χ1n) is 5.50. The molecule has 1 atom stereocenters. The minimum atomic E-state index is -0.161. The zero-order chi connectivity index (χ0) is 11.0. The zero-order valence-electron chi connectivity index (χ0n) is 9.19. The molecule has 1 unspecified atom stereocenters. The van der Waals surface area contributed by atoms with Crippen molar-refractivity contribution in [1.82, 2.24) is 0 Å². The second-order valence-electron chi connectivity index (χ2n) is 4.55. The molecule has 0 heterocycles. The predicted octanol–water partition coefficient (Wildman–Crippen LogP) is 4.52. The van der Waals surface area contributed by atoms with Crippen molar-refractivity contribution in [3.8, 4) is 0 Å². The standard InChI is InChI=1S/C13H16ClF/c1-8-6-11(15)7-9(2)12(8)13(14)10-4-3-5-10/h6-7,10,13H,3-5H2,1-2H3. The van der Waals surface area contributed by atoms with Gasteiger partial charge in [-0.1, -0.05) is 6.42 Å². The average molecular weight is 227 g/mol. The highest BCUT2D eigenvalue weighted by molar-refractivity contribution is 6.21. The first-order valence-corrected chi connectivity index (χ1v) is 5.94. The largest absolute Gasteiger partial charge is 0.207 e. The van der Waals surface area contributed by atoms with Gasteiger partial charge in [0.2, 0.25) is 0 Å². The Bertz CT molecular complexity index is 346. The summed E-state index contributed by atoms with van der Waals surface area (Å²) in [5.41, 5.74) is 3.11. The van der Waals surface area contributed by atoms with Gasteiger partial charge < -0.3 is 0 Å². The van der Waals surface area contributed by atoms with Crippen LogP contribution in [-0.4, -0.2) is 0 Å². The maximum absolute atomic E-state index is 13.1. The molecule has 2 rings (SSSR count). The van der Waals surface area contributed by atoms with E-state index in [0.717, 1.165) is 16.7 Å². The first-order chi connectivity index (χ1) is 7.09. The van der Waals surface area contributed by atoms with E-state index in [1.807, 2.05) is 13.8 Å². The van der Waals surface area contributed by atoms with E-state index in [1.54, 1.807) is 12.1 Å². The minimum Gasteiger partial charge on any atom is -0.207 e. The van der Waals surface area contributed by atoms with Gasteiger partial charge in [0.25, 0.3) is 0 Å². The number of aryl methyl sites for hydroxylation is 2. The Morgan fingerprint density at radius 3 is 2.20 bits per heavy atom. The van der Waals surface area contributed by atoms with E-state index in [-0.39, 0.29) is 11.2 Å². The molecule has 0 aromatic heterocycles.